The Morgan fingerprint density at radius 1 is 0.458 bits per heavy atom. The molecule has 11 heterocycles. The second-order valence-corrected chi connectivity index (χ2v) is 31.7. The maximum absolute atomic E-state index is 5.37. The summed E-state index contributed by atoms with van der Waals surface area (Å²) in [5, 5.41) is 3.28. The highest BCUT2D eigenvalue weighted by atomic mass is 32.1. The van der Waals surface area contributed by atoms with Gasteiger partial charge in [-0.15, -0.1) is 68.0 Å². The number of fused-ring (bicyclic) bond motifs is 5. The first-order valence-electron chi connectivity index (χ1n) is 26.2. The van der Waals surface area contributed by atoms with Crippen molar-refractivity contribution in [1.29, 1.82) is 0 Å². The van der Waals surface area contributed by atoms with E-state index in [1.165, 1.54) is 178 Å². The molecule has 0 N–H and O–H groups in total. The van der Waals surface area contributed by atoms with Gasteiger partial charge in [-0.1, -0.05) is 105 Å². The summed E-state index contributed by atoms with van der Waals surface area (Å²) in [6.07, 6.45) is 20.6. The first-order chi connectivity index (χ1) is 35.3. The van der Waals surface area contributed by atoms with Gasteiger partial charge in [-0.25, -0.2) is 0 Å². The number of thiophene rings is 6. The Hall–Kier alpha value is -3.64. The van der Waals surface area contributed by atoms with Crippen LogP contribution < -0.4 is 10.4 Å². The van der Waals surface area contributed by atoms with E-state index in [2.05, 4.69) is 115 Å². The highest BCUT2D eigenvalue weighted by molar-refractivity contribution is 7.32. The molecule has 0 aliphatic carbocycles. The van der Waals surface area contributed by atoms with Crippen molar-refractivity contribution in [3.05, 3.63) is 82.8 Å². The smallest absolute Gasteiger partial charge is 0.132 e. The Labute approximate surface area is 458 Å². The van der Waals surface area contributed by atoms with Crippen LogP contribution >= 0.6 is 91.5 Å². The van der Waals surface area contributed by atoms with Crippen LogP contribution in [0.15, 0.2) is 73.1 Å². The molecule has 0 aromatic carbocycles. The van der Waals surface area contributed by atoms with Gasteiger partial charge in [0, 0.05) is 72.3 Å². The average Bonchev–Trinajstić information content (AvgIpc) is 4.25. The summed E-state index contributed by atoms with van der Waals surface area (Å²) in [5.74, 6) is 1.36. The lowest BCUT2D eigenvalue weighted by Gasteiger charge is -2.35. The van der Waals surface area contributed by atoms with Crippen molar-refractivity contribution in [1.82, 2.24) is 27.5 Å². The maximum atomic E-state index is 5.37. The third kappa shape index (κ3) is 9.77. The lowest BCUT2D eigenvalue weighted by Crippen LogP contribution is -2.56. The van der Waals surface area contributed by atoms with Gasteiger partial charge in [-0.2, -0.15) is 17.5 Å². The van der Waals surface area contributed by atoms with Gasteiger partial charge in [-0.3, -0.25) is 9.97 Å². The van der Waals surface area contributed by atoms with E-state index in [9.17, 15) is 0 Å². The van der Waals surface area contributed by atoms with Crippen LogP contribution in [0.1, 0.15) is 121 Å². The molecule has 0 amide bonds. The van der Waals surface area contributed by atoms with Gasteiger partial charge in [0.05, 0.1) is 33.2 Å². The maximum Gasteiger partial charge on any atom is 0.132 e. The van der Waals surface area contributed by atoms with Crippen molar-refractivity contribution >= 4 is 132 Å². The highest BCUT2D eigenvalue weighted by Crippen LogP contribution is 2.51. The fourth-order valence-electron chi connectivity index (χ4n) is 11.0. The molecule has 72 heavy (non-hydrogen) atoms. The van der Waals surface area contributed by atoms with E-state index in [0.29, 0.717) is 11.8 Å². The largest absolute Gasteiger partial charge is 0.252 e. The van der Waals surface area contributed by atoms with Crippen molar-refractivity contribution in [2.75, 3.05) is 0 Å². The summed E-state index contributed by atoms with van der Waals surface area (Å²) in [5.41, 5.74) is 7.85. The molecule has 2 atom stereocenters. The number of rotatable bonds is 23. The molecule has 0 saturated heterocycles. The van der Waals surface area contributed by atoms with Gasteiger partial charge < -0.3 is 0 Å². The number of pyridine rings is 2. The lowest BCUT2D eigenvalue weighted by atomic mass is 10.0. The van der Waals surface area contributed by atoms with E-state index >= 15 is 0 Å². The van der Waals surface area contributed by atoms with Crippen molar-refractivity contribution in [3.8, 4) is 71.3 Å². The Morgan fingerprint density at radius 2 is 0.931 bits per heavy atom. The molecule has 10 aromatic rings. The number of aryl methyl sites for hydroxylation is 2. The predicted molar refractivity (Wildman–Crippen MR) is 323 cm³/mol. The molecule has 0 fully saturated rings. The summed E-state index contributed by atoms with van der Waals surface area (Å²) >= 11 is 14.0. The third-order valence-corrected chi connectivity index (χ3v) is 29.1. The number of aromatic nitrogens is 6. The van der Waals surface area contributed by atoms with Crippen LogP contribution in [0.4, 0.5) is 0 Å². The molecular formula is C57H62N6S8Si. The standard InChI is InChI=1S/C57H62N6S8Si/c1-7-12-15-16-19-37-21-23-43(65-37)45-27-25-41(67-45)39-31-59-53(55-51(39)61-71-63-55)47-29-49-57(69-47)56-48(72(49,32-35(10-4)17-13-8-2)33-36(11-5)18-14-9-3)28-46(68-56)52-54-50(60-70-62-54)38(30-58-52)40-24-26-44(66-40)42-22-20-34(6)64-42/h20-31,35-36H,7-19,32-33H2,1-6H3. The number of hydrogen-bond donors (Lipinski definition) is 0. The van der Waals surface area contributed by atoms with Crippen LogP contribution in [-0.2, 0) is 6.42 Å². The molecule has 1 aliphatic rings. The van der Waals surface area contributed by atoms with Gasteiger partial charge in [0.25, 0.3) is 0 Å². The molecular weight excluding hydrogens is 1050 g/mol. The third-order valence-electron chi connectivity index (χ3n) is 15.0. The fourth-order valence-corrected chi connectivity index (χ4v) is 26.7. The second kappa shape index (κ2) is 22.3. The SMILES string of the molecule is CCCCCCc1ccc(-c2ccc(-c3cnc(-c4cc5c(s4)-c4sc(-c6ncc(-c7ccc(-c8ccc(C)s8)s7)c7nsnc67)cc4[Si]5(CC(CC)CCCC)CC(CC)CCCC)c4nsnc34)s2)s1. The van der Waals surface area contributed by atoms with Crippen molar-refractivity contribution in [2.24, 2.45) is 11.8 Å². The Kier molecular flexibility index (Phi) is 15.6. The minimum Gasteiger partial charge on any atom is -0.252 e. The molecule has 0 bridgehead atoms. The van der Waals surface area contributed by atoms with Gasteiger partial charge in [0.2, 0.25) is 0 Å². The summed E-state index contributed by atoms with van der Waals surface area (Å²) in [4.78, 5) is 26.5. The zero-order valence-electron chi connectivity index (χ0n) is 42.1. The van der Waals surface area contributed by atoms with E-state index in [0.717, 1.165) is 44.6 Å². The highest BCUT2D eigenvalue weighted by Gasteiger charge is 2.50. The van der Waals surface area contributed by atoms with Crippen LogP contribution in [0.3, 0.4) is 0 Å². The molecule has 15 heteroatoms. The lowest BCUT2D eigenvalue weighted by molar-refractivity contribution is 0.469. The summed E-state index contributed by atoms with van der Waals surface area (Å²) in [7, 11) is -2.36. The summed E-state index contributed by atoms with van der Waals surface area (Å²) in [6.45, 7) is 14.1. The minimum absolute atomic E-state index is 0.681. The first-order valence-corrected chi connectivity index (χ1v) is 35.0. The minimum atomic E-state index is -2.36. The zero-order valence-corrected chi connectivity index (χ0v) is 49.7. The predicted octanol–water partition coefficient (Wildman–Crippen LogP) is 19.3. The fraction of sp³-hybridized carbons (Fsp3) is 0.404. The Morgan fingerprint density at radius 3 is 1.43 bits per heavy atom. The molecule has 0 radical (unpaired) electrons. The molecule has 6 nitrogen and oxygen atoms in total. The van der Waals surface area contributed by atoms with E-state index in [1.54, 1.807) is 10.4 Å². The molecule has 0 saturated carbocycles. The van der Waals surface area contributed by atoms with Crippen LogP contribution in [0.25, 0.3) is 93.4 Å². The Balaban J connectivity index is 0.997. The van der Waals surface area contributed by atoms with E-state index < -0.39 is 8.07 Å². The van der Waals surface area contributed by atoms with Gasteiger partial charge >= 0.3 is 0 Å². The molecule has 10 aromatic heterocycles. The van der Waals surface area contributed by atoms with E-state index in [1.807, 2.05) is 68.0 Å². The van der Waals surface area contributed by atoms with E-state index in [-0.39, 0.29) is 0 Å². The monoisotopic (exact) mass is 1110 g/mol. The van der Waals surface area contributed by atoms with Crippen molar-refractivity contribution in [2.45, 2.75) is 137 Å². The van der Waals surface area contributed by atoms with Crippen LogP contribution in [0.2, 0.25) is 12.1 Å². The number of nitrogens with zero attached hydrogens (tertiary/aromatic N) is 6. The summed E-state index contributed by atoms with van der Waals surface area (Å²) < 4.78 is 20.0. The summed E-state index contributed by atoms with van der Waals surface area (Å²) in [6, 6.07) is 25.9. The molecule has 11 rings (SSSR count). The molecule has 1 aliphatic heterocycles. The zero-order chi connectivity index (χ0) is 49.3. The van der Waals surface area contributed by atoms with Crippen molar-refractivity contribution < 1.29 is 0 Å². The number of hydrogen-bond acceptors (Lipinski definition) is 14. The normalized spacial score (nSPS) is 15.3. The van der Waals surface area contributed by atoms with Crippen LogP contribution in [-0.4, -0.2) is 35.5 Å². The van der Waals surface area contributed by atoms with Gasteiger partial charge in [-0.05, 0) is 115 Å². The molecule has 2 unspecified atom stereocenters. The van der Waals surface area contributed by atoms with Crippen molar-refractivity contribution in [3.63, 3.8) is 0 Å². The Bertz CT molecular complexity index is 3430. The number of unbranched alkanes of at least 4 members (excludes halogenated alkanes) is 5. The molecule has 0 spiro atoms. The molecule has 372 valence electrons. The van der Waals surface area contributed by atoms with Gasteiger partial charge in [0.1, 0.15) is 41.5 Å². The van der Waals surface area contributed by atoms with Crippen LogP contribution in [0.5, 0.6) is 0 Å². The van der Waals surface area contributed by atoms with Crippen LogP contribution in [0, 0.1) is 18.8 Å². The van der Waals surface area contributed by atoms with E-state index in [4.69, 9.17) is 27.5 Å². The topological polar surface area (TPSA) is 77.3 Å². The first kappa shape index (κ1) is 50.5. The van der Waals surface area contributed by atoms with Gasteiger partial charge in [0.15, 0.2) is 0 Å². The second-order valence-electron chi connectivity index (χ2n) is 19.8. The average molecular weight is 1120 g/mol. The quantitative estimate of drug-likeness (QED) is 0.0469.